The maximum Gasteiger partial charge on any atom is 0.243 e. The molecule has 0 fully saturated rings. The molecule has 30 heavy (non-hydrogen) atoms. The number of anilines is 2. The lowest BCUT2D eigenvalue weighted by Crippen LogP contribution is -2.27. The van der Waals surface area contributed by atoms with Crippen molar-refractivity contribution in [1.29, 1.82) is 0 Å². The van der Waals surface area contributed by atoms with Gasteiger partial charge in [0.25, 0.3) is 0 Å². The van der Waals surface area contributed by atoms with Crippen LogP contribution in [0.2, 0.25) is 0 Å². The van der Waals surface area contributed by atoms with Crippen LogP contribution in [0.4, 0.5) is 10.8 Å². The lowest BCUT2D eigenvalue weighted by atomic mass is 10.2. The van der Waals surface area contributed by atoms with Gasteiger partial charge < -0.3 is 0 Å². The molecule has 0 N–H and O–H groups in total. The molecule has 1 amide bonds. The first-order chi connectivity index (χ1) is 14.5. The Morgan fingerprint density at radius 3 is 2.43 bits per heavy atom. The summed E-state index contributed by atoms with van der Waals surface area (Å²) in [5.74, 6) is 0.943. The lowest BCUT2D eigenvalue weighted by molar-refractivity contribution is -0.115. The van der Waals surface area contributed by atoms with E-state index in [2.05, 4.69) is 34.2 Å². The normalized spacial score (nSPS) is 10.9. The molecule has 6 nitrogen and oxygen atoms in total. The van der Waals surface area contributed by atoms with Crippen LogP contribution in [0.3, 0.4) is 0 Å². The summed E-state index contributed by atoms with van der Waals surface area (Å²) in [6, 6.07) is 17.8. The Balaban J connectivity index is 1.58. The minimum Gasteiger partial charge on any atom is -0.274 e. The Morgan fingerprint density at radius 1 is 1.03 bits per heavy atom. The number of hydrogen-bond donors (Lipinski definition) is 0. The van der Waals surface area contributed by atoms with Gasteiger partial charge >= 0.3 is 0 Å². The number of benzene rings is 2. The summed E-state index contributed by atoms with van der Waals surface area (Å²) in [7, 11) is 0. The standard InChI is InChI=1S/C22H21N5OS2/c1-15-9-11-19(12-10-15)26-17(3)24-25-22(26)30-14-20(28)27(18-7-5-4-6-8-18)21-23-16(2)13-29-21/h4-13H,14H2,1-3H3. The fourth-order valence-corrected chi connectivity index (χ4v) is 4.69. The number of carbonyl (C=O) groups is 1. The van der Waals surface area contributed by atoms with Gasteiger partial charge in [-0.2, -0.15) is 0 Å². The molecule has 0 bridgehead atoms. The van der Waals surface area contributed by atoms with Gasteiger partial charge in [0.15, 0.2) is 10.3 Å². The summed E-state index contributed by atoms with van der Waals surface area (Å²) in [5.41, 5.74) is 3.86. The minimum absolute atomic E-state index is 0.0586. The van der Waals surface area contributed by atoms with Gasteiger partial charge in [-0.05, 0) is 45.0 Å². The average molecular weight is 436 g/mol. The van der Waals surface area contributed by atoms with Crippen LogP contribution in [0.1, 0.15) is 17.1 Å². The molecule has 0 aliphatic heterocycles. The molecule has 0 atom stereocenters. The first-order valence-electron chi connectivity index (χ1n) is 9.45. The highest BCUT2D eigenvalue weighted by Gasteiger charge is 2.22. The van der Waals surface area contributed by atoms with Crippen molar-refractivity contribution in [3.8, 4) is 5.69 Å². The second-order valence-electron chi connectivity index (χ2n) is 6.83. The zero-order valence-electron chi connectivity index (χ0n) is 16.9. The van der Waals surface area contributed by atoms with Crippen LogP contribution in [0.5, 0.6) is 0 Å². The van der Waals surface area contributed by atoms with Crippen LogP contribution >= 0.6 is 23.1 Å². The summed E-state index contributed by atoms with van der Waals surface area (Å²) in [6.07, 6.45) is 0. The molecule has 8 heteroatoms. The monoisotopic (exact) mass is 435 g/mol. The Bertz CT molecular complexity index is 1150. The quantitative estimate of drug-likeness (QED) is 0.394. The van der Waals surface area contributed by atoms with Crippen LogP contribution in [0.25, 0.3) is 5.69 Å². The zero-order chi connectivity index (χ0) is 21.1. The molecule has 4 rings (SSSR count). The van der Waals surface area contributed by atoms with E-state index in [1.165, 1.54) is 28.7 Å². The molecule has 0 unspecified atom stereocenters. The van der Waals surface area contributed by atoms with Gasteiger partial charge in [-0.3, -0.25) is 14.3 Å². The highest BCUT2D eigenvalue weighted by Crippen LogP contribution is 2.30. The van der Waals surface area contributed by atoms with Crippen molar-refractivity contribution >= 4 is 39.8 Å². The Morgan fingerprint density at radius 2 is 1.77 bits per heavy atom. The third-order valence-electron chi connectivity index (χ3n) is 4.47. The van der Waals surface area contributed by atoms with Crippen LogP contribution in [0, 0.1) is 20.8 Å². The summed E-state index contributed by atoms with van der Waals surface area (Å²) >= 11 is 2.83. The van der Waals surface area contributed by atoms with Crippen molar-refractivity contribution in [2.45, 2.75) is 25.9 Å². The van der Waals surface area contributed by atoms with Crippen molar-refractivity contribution in [3.05, 3.63) is 77.1 Å². The van der Waals surface area contributed by atoms with E-state index >= 15 is 0 Å². The molecule has 152 valence electrons. The molecular weight excluding hydrogens is 414 g/mol. The summed E-state index contributed by atoms with van der Waals surface area (Å²) in [5, 5.41) is 11.8. The number of thioether (sulfide) groups is 1. The second-order valence-corrected chi connectivity index (χ2v) is 8.60. The number of carbonyl (C=O) groups excluding carboxylic acids is 1. The van der Waals surface area contributed by atoms with Gasteiger partial charge in [0.05, 0.1) is 17.1 Å². The van der Waals surface area contributed by atoms with E-state index in [-0.39, 0.29) is 11.7 Å². The molecule has 2 heterocycles. The van der Waals surface area contributed by atoms with E-state index in [1.54, 1.807) is 4.90 Å². The molecule has 2 aromatic heterocycles. The molecule has 2 aromatic carbocycles. The zero-order valence-corrected chi connectivity index (χ0v) is 18.6. The topological polar surface area (TPSA) is 63.9 Å². The van der Waals surface area contributed by atoms with Crippen molar-refractivity contribution in [3.63, 3.8) is 0 Å². The van der Waals surface area contributed by atoms with Crippen molar-refractivity contribution < 1.29 is 4.79 Å². The maximum atomic E-state index is 13.2. The van der Waals surface area contributed by atoms with Crippen LogP contribution in [0.15, 0.2) is 65.1 Å². The molecule has 0 saturated heterocycles. The van der Waals surface area contributed by atoms with Crippen LogP contribution in [-0.4, -0.2) is 31.4 Å². The van der Waals surface area contributed by atoms with E-state index in [0.29, 0.717) is 10.3 Å². The van der Waals surface area contributed by atoms with E-state index < -0.39 is 0 Å². The highest BCUT2D eigenvalue weighted by atomic mass is 32.2. The smallest absolute Gasteiger partial charge is 0.243 e. The molecule has 4 aromatic rings. The number of aryl methyl sites for hydroxylation is 3. The third-order valence-corrected chi connectivity index (χ3v) is 6.33. The molecule has 0 aliphatic carbocycles. The highest BCUT2D eigenvalue weighted by molar-refractivity contribution is 7.99. The van der Waals surface area contributed by atoms with Gasteiger partial charge in [-0.1, -0.05) is 47.7 Å². The molecule has 0 spiro atoms. The predicted molar refractivity (Wildman–Crippen MR) is 122 cm³/mol. The van der Waals surface area contributed by atoms with Crippen LogP contribution in [-0.2, 0) is 4.79 Å². The fourth-order valence-electron chi connectivity index (χ4n) is 3.00. The molecule has 0 radical (unpaired) electrons. The molecular formula is C22H21N5OS2. The summed E-state index contributed by atoms with van der Waals surface area (Å²) in [4.78, 5) is 19.4. The Labute approximate surface area is 183 Å². The van der Waals surface area contributed by atoms with Gasteiger partial charge in [0.1, 0.15) is 5.82 Å². The SMILES string of the molecule is Cc1ccc(-n2c(C)nnc2SCC(=O)N(c2ccccc2)c2nc(C)cs2)cc1. The summed E-state index contributed by atoms with van der Waals surface area (Å²) in [6.45, 7) is 5.89. The maximum absolute atomic E-state index is 13.2. The third kappa shape index (κ3) is 4.29. The van der Waals surface area contributed by atoms with Gasteiger partial charge in [0, 0.05) is 11.1 Å². The van der Waals surface area contributed by atoms with E-state index in [9.17, 15) is 4.79 Å². The van der Waals surface area contributed by atoms with Crippen molar-refractivity contribution in [1.82, 2.24) is 19.7 Å². The second kappa shape index (κ2) is 8.81. The van der Waals surface area contributed by atoms with Crippen molar-refractivity contribution in [2.75, 3.05) is 10.7 Å². The number of aromatic nitrogens is 4. The average Bonchev–Trinajstić information content (AvgIpc) is 3.33. The van der Waals surface area contributed by atoms with Gasteiger partial charge in [-0.25, -0.2) is 4.98 Å². The fraction of sp³-hybridized carbons (Fsp3) is 0.182. The number of hydrogen-bond acceptors (Lipinski definition) is 6. The number of rotatable bonds is 6. The first-order valence-corrected chi connectivity index (χ1v) is 11.3. The Kier molecular flexibility index (Phi) is 5.96. The number of thiazole rings is 1. The number of nitrogens with zero attached hydrogens (tertiary/aromatic N) is 5. The lowest BCUT2D eigenvalue weighted by Gasteiger charge is -2.19. The van der Waals surface area contributed by atoms with Crippen molar-refractivity contribution in [2.24, 2.45) is 0 Å². The van der Waals surface area contributed by atoms with Gasteiger partial charge in [0.2, 0.25) is 5.91 Å². The van der Waals surface area contributed by atoms with E-state index in [1.807, 2.05) is 66.3 Å². The molecule has 0 saturated carbocycles. The molecule has 0 aliphatic rings. The van der Waals surface area contributed by atoms with E-state index in [4.69, 9.17) is 0 Å². The minimum atomic E-state index is -0.0586. The first kappa shape index (κ1) is 20.3. The number of amides is 1. The van der Waals surface area contributed by atoms with E-state index in [0.717, 1.165) is 22.9 Å². The number of para-hydroxylation sites is 1. The largest absolute Gasteiger partial charge is 0.274 e. The predicted octanol–water partition coefficient (Wildman–Crippen LogP) is 5.11. The van der Waals surface area contributed by atoms with Gasteiger partial charge in [-0.15, -0.1) is 21.5 Å². The Hall–Kier alpha value is -2.97. The summed E-state index contributed by atoms with van der Waals surface area (Å²) < 4.78 is 1.97. The van der Waals surface area contributed by atoms with Crippen LogP contribution < -0.4 is 4.90 Å².